The number of aliphatic hydroxyl groups excluding tert-OH is 1. The van der Waals surface area contributed by atoms with E-state index in [2.05, 4.69) is 0 Å². The van der Waals surface area contributed by atoms with Crippen LogP contribution in [0, 0.1) is 6.92 Å². The van der Waals surface area contributed by atoms with Gasteiger partial charge in [-0.3, -0.25) is 4.79 Å². The van der Waals surface area contributed by atoms with Crippen LogP contribution in [0.15, 0.2) is 35.4 Å². The van der Waals surface area contributed by atoms with E-state index >= 15 is 0 Å². The highest BCUT2D eigenvalue weighted by molar-refractivity contribution is 5.91. The molecule has 26 heavy (non-hydrogen) atoms. The molecule has 0 fully saturated rings. The second-order valence-electron chi connectivity index (χ2n) is 7.68. The van der Waals surface area contributed by atoms with Crippen molar-refractivity contribution in [3.05, 3.63) is 46.6 Å². The average molecular weight is 358 g/mol. The number of carbonyl (C=O) groups is 1. The smallest absolute Gasteiger partial charge is 0.159 e. The average Bonchev–Trinajstić information content (AvgIpc) is 2.55. The molecule has 2 N–H and O–H groups in total. The van der Waals surface area contributed by atoms with Crippen molar-refractivity contribution in [2.24, 2.45) is 0 Å². The number of hydrogen-bond acceptors (Lipinski definition) is 4. The van der Waals surface area contributed by atoms with Gasteiger partial charge in [-0.1, -0.05) is 17.2 Å². The van der Waals surface area contributed by atoms with Gasteiger partial charge in [0.05, 0.1) is 6.61 Å². The molecule has 0 saturated carbocycles. The number of phenols is 1. The van der Waals surface area contributed by atoms with E-state index in [1.54, 1.807) is 18.2 Å². The summed E-state index contributed by atoms with van der Waals surface area (Å²) in [7, 11) is 0. The number of benzene rings is 1. The molecule has 1 aromatic rings. The van der Waals surface area contributed by atoms with E-state index < -0.39 is 5.60 Å². The molecule has 0 aromatic heterocycles. The SMILES string of the molecule is C/C(=C/CC/C(C)=C/C(=O)C[C@]1(C)CCc2cc(O)cc(C)c2O1)CO. The highest BCUT2D eigenvalue weighted by Gasteiger charge is 2.34. The predicted octanol–water partition coefficient (Wildman–Crippen LogP) is 4.41. The van der Waals surface area contributed by atoms with Gasteiger partial charge < -0.3 is 14.9 Å². The van der Waals surface area contributed by atoms with Crippen LogP contribution < -0.4 is 4.74 Å². The van der Waals surface area contributed by atoms with Gasteiger partial charge in [-0.25, -0.2) is 0 Å². The molecule has 1 aliphatic rings. The number of fused-ring (bicyclic) bond motifs is 1. The summed E-state index contributed by atoms with van der Waals surface area (Å²) in [4.78, 5) is 12.5. The zero-order valence-electron chi connectivity index (χ0n) is 16.3. The van der Waals surface area contributed by atoms with Gasteiger partial charge in [-0.05, 0) is 82.7 Å². The van der Waals surface area contributed by atoms with Crippen molar-refractivity contribution in [2.45, 2.75) is 65.4 Å². The minimum Gasteiger partial charge on any atom is -0.508 e. The molecule has 2 rings (SSSR count). The van der Waals surface area contributed by atoms with Gasteiger partial charge in [0.2, 0.25) is 0 Å². The van der Waals surface area contributed by atoms with E-state index in [1.807, 2.05) is 33.8 Å². The first kappa shape index (κ1) is 20.2. The van der Waals surface area contributed by atoms with Crippen molar-refractivity contribution >= 4 is 5.78 Å². The summed E-state index contributed by atoms with van der Waals surface area (Å²) < 4.78 is 6.19. The molecule has 0 spiro atoms. The van der Waals surface area contributed by atoms with E-state index in [4.69, 9.17) is 9.84 Å². The number of carbonyl (C=O) groups excluding carboxylic acids is 1. The Hall–Kier alpha value is -2.07. The second kappa shape index (κ2) is 8.54. The van der Waals surface area contributed by atoms with Crippen LogP contribution in [0.1, 0.15) is 57.6 Å². The van der Waals surface area contributed by atoms with E-state index in [0.29, 0.717) is 6.42 Å². The number of rotatable bonds is 7. The first-order valence-corrected chi connectivity index (χ1v) is 9.20. The Morgan fingerprint density at radius 3 is 2.73 bits per heavy atom. The van der Waals surface area contributed by atoms with Crippen LogP contribution in [0.3, 0.4) is 0 Å². The summed E-state index contributed by atoms with van der Waals surface area (Å²) in [5.41, 5.74) is 3.38. The maximum Gasteiger partial charge on any atom is 0.159 e. The molecule has 0 saturated heterocycles. The number of phenolic OH excluding ortho intramolecular Hbond substituents is 1. The highest BCUT2D eigenvalue weighted by Crippen LogP contribution is 2.39. The molecule has 0 amide bonds. The molecule has 1 atom stereocenters. The molecular formula is C22H30O4. The van der Waals surface area contributed by atoms with Gasteiger partial charge in [0.15, 0.2) is 5.78 Å². The lowest BCUT2D eigenvalue weighted by atomic mass is 9.87. The van der Waals surface area contributed by atoms with E-state index in [0.717, 1.165) is 53.7 Å². The summed E-state index contributed by atoms with van der Waals surface area (Å²) in [6.45, 7) is 7.84. The van der Waals surface area contributed by atoms with Crippen LogP contribution in [-0.2, 0) is 11.2 Å². The number of ether oxygens (including phenoxy) is 1. The lowest BCUT2D eigenvalue weighted by Gasteiger charge is -2.36. The maximum absolute atomic E-state index is 12.5. The molecule has 1 aromatic carbocycles. The van der Waals surface area contributed by atoms with Crippen molar-refractivity contribution in [3.63, 3.8) is 0 Å². The fourth-order valence-corrected chi connectivity index (χ4v) is 3.36. The Bertz CT molecular complexity index is 730. The number of allylic oxidation sites excluding steroid dienone is 3. The number of aryl methyl sites for hydroxylation is 2. The molecular weight excluding hydrogens is 328 g/mol. The Labute approximate surface area is 156 Å². The summed E-state index contributed by atoms with van der Waals surface area (Å²) in [5.74, 6) is 1.14. The van der Waals surface area contributed by atoms with E-state index in [-0.39, 0.29) is 18.1 Å². The Balaban J connectivity index is 1.99. The molecule has 142 valence electrons. The molecule has 1 aliphatic heterocycles. The molecule has 0 unspecified atom stereocenters. The maximum atomic E-state index is 12.5. The molecule has 4 nitrogen and oxygen atoms in total. The number of aromatic hydroxyl groups is 1. The normalized spacial score (nSPS) is 20.5. The Kier molecular flexibility index (Phi) is 6.65. The van der Waals surface area contributed by atoms with Gasteiger partial charge >= 0.3 is 0 Å². The zero-order chi connectivity index (χ0) is 19.3. The summed E-state index contributed by atoms with van der Waals surface area (Å²) >= 11 is 0. The quantitative estimate of drug-likeness (QED) is 0.560. The standard InChI is InChI=1S/C22H30O4/c1-15(6-5-7-16(2)14-23)10-20(25)13-22(4)9-8-18-12-19(24)11-17(3)21(18)26-22/h7,10-12,23-24H,5-6,8-9,13-14H2,1-4H3/b15-10+,16-7-/t22-/m0/s1. The first-order valence-electron chi connectivity index (χ1n) is 9.20. The van der Waals surface area contributed by atoms with Gasteiger partial charge in [-0.2, -0.15) is 0 Å². The van der Waals surface area contributed by atoms with E-state index in [9.17, 15) is 9.90 Å². The van der Waals surface area contributed by atoms with Gasteiger partial charge in [-0.15, -0.1) is 0 Å². The van der Waals surface area contributed by atoms with Crippen molar-refractivity contribution < 1.29 is 19.7 Å². The van der Waals surface area contributed by atoms with Crippen LogP contribution >= 0.6 is 0 Å². The third-order valence-corrected chi connectivity index (χ3v) is 4.84. The summed E-state index contributed by atoms with van der Waals surface area (Å²) in [5, 5.41) is 18.7. The van der Waals surface area contributed by atoms with Crippen LogP contribution in [-0.4, -0.2) is 28.2 Å². The Morgan fingerprint density at radius 1 is 1.31 bits per heavy atom. The van der Waals surface area contributed by atoms with Gasteiger partial charge in [0, 0.05) is 6.42 Å². The van der Waals surface area contributed by atoms with Crippen molar-refractivity contribution in [2.75, 3.05) is 6.61 Å². The van der Waals surface area contributed by atoms with Crippen LogP contribution in [0.2, 0.25) is 0 Å². The van der Waals surface area contributed by atoms with Gasteiger partial charge in [0.25, 0.3) is 0 Å². The predicted molar refractivity (Wildman–Crippen MR) is 104 cm³/mol. The monoisotopic (exact) mass is 358 g/mol. The first-order chi connectivity index (χ1) is 12.2. The van der Waals surface area contributed by atoms with Crippen LogP contribution in [0.25, 0.3) is 0 Å². The number of hydrogen-bond donors (Lipinski definition) is 2. The lowest BCUT2D eigenvalue weighted by molar-refractivity contribution is -0.118. The van der Waals surface area contributed by atoms with Crippen LogP contribution in [0.4, 0.5) is 0 Å². The molecule has 0 bridgehead atoms. The highest BCUT2D eigenvalue weighted by atomic mass is 16.5. The minimum atomic E-state index is -0.518. The summed E-state index contributed by atoms with van der Waals surface area (Å²) in [6, 6.07) is 3.44. The number of aliphatic hydroxyl groups is 1. The van der Waals surface area contributed by atoms with Gasteiger partial charge in [0.1, 0.15) is 17.1 Å². The third-order valence-electron chi connectivity index (χ3n) is 4.84. The molecule has 4 heteroatoms. The molecule has 0 aliphatic carbocycles. The third kappa shape index (κ3) is 5.46. The fourth-order valence-electron chi connectivity index (χ4n) is 3.36. The molecule has 0 radical (unpaired) electrons. The zero-order valence-corrected chi connectivity index (χ0v) is 16.3. The van der Waals surface area contributed by atoms with Crippen molar-refractivity contribution in [3.8, 4) is 11.5 Å². The molecule has 1 heterocycles. The lowest BCUT2D eigenvalue weighted by Crippen LogP contribution is -2.38. The van der Waals surface area contributed by atoms with Crippen molar-refractivity contribution in [1.29, 1.82) is 0 Å². The van der Waals surface area contributed by atoms with E-state index in [1.165, 1.54) is 0 Å². The van der Waals surface area contributed by atoms with Crippen molar-refractivity contribution in [1.82, 2.24) is 0 Å². The number of ketones is 1. The fraction of sp³-hybridized carbons (Fsp3) is 0.500. The largest absolute Gasteiger partial charge is 0.508 e. The summed E-state index contributed by atoms with van der Waals surface area (Å²) in [6.07, 6.45) is 7.24. The second-order valence-corrected chi connectivity index (χ2v) is 7.68. The van der Waals surface area contributed by atoms with Crippen LogP contribution in [0.5, 0.6) is 11.5 Å². The Morgan fingerprint density at radius 2 is 2.04 bits per heavy atom. The minimum absolute atomic E-state index is 0.0766. The topological polar surface area (TPSA) is 66.8 Å².